The summed E-state index contributed by atoms with van der Waals surface area (Å²) in [5.74, 6) is 0.522. The fraction of sp³-hybridized carbons (Fsp3) is 0.636. The van der Waals surface area contributed by atoms with E-state index in [2.05, 4.69) is 0 Å². The number of esters is 1. The van der Waals surface area contributed by atoms with Gasteiger partial charge in [0.15, 0.2) is 0 Å². The second kappa shape index (κ2) is 8.84. The summed E-state index contributed by atoms with van der Waals surface area (Å²) in [5, 5.41) is 0. The van der Waals surface area contributed by atoms with Crippen molar-refractivity contribution in [1.29, 1.82) is 0 Å². The van der Waals surface area contributed by atoms with E-state index in [1.165, 1.54) is 0 Å². The predicted octanol–water partition coefficient (Wildman–Crippen LogP) is 4.55. The third-order valence-electron chi connectivity index (χ3n) is 4.28. The highest BCUT2D eigenvalue weighted by Gasteiger charge is 2.27. The first-order valence-corrected chi connectivity index (χ1v) is 9.85. The molecule has 0 atom stereocenters. The second-order valence-electron chi connectivity index (χ2n) is 9.26. The highest BCUT2D eigenvalue weighted by molar-refractivity contribution is 5.75. The summed E-state index contributed by atoms with van der Waals surface area (Å²) in [5.41, 5.74) is -0.112. The molecule has 0 radical (unpaired) electrons. The van der Waals surface area contributed by atoms with Gasteiger partial charge in [0.25, 0.3) is 0 Å². The number of carbonyl (C=O) groups excluding carboxylic acids is 2. The molecular formula is C22H33NO5. The molecule has 0 bridgehead atoms. The van der Waals surface area contributed by atoms with Gasteiger partial charge in [0.2, 0.25) is 0 Å². The number of nitrogens with zero attached hydrogens (tertiary/aromatic N) is 1. The summed E-state index contributed by atoms with van der Waals surface area (Å²) in [6.07, 6.45) is 1.28. The Bertz CT molecular complexity index is 679. The molecular weight excluding hydrogens is 358 g/mol. The standard InChI is InChI=1S/C22H33NO5/c1-21(2,3)19(24)26-15-16-8-7-9-18(14-16)27-17-10-12-23(13-11-17)20(25)28-22(4,5)6/h7-9,14,17H,10-13,15H2,1-6H3. The summed E-state index contributed by atoms with van der Waals surface area (Å²) in [6, 6.07) is 7.60. The molecule has 0 aromatic heterocycles. The van der Waals surface area contributed by atoms with Gasteiger partial charge >= 0.3 is 12.1 Å². The lowest BCUT2D eigenvalue weighted by molar-refractivity contribution is -0.154. The third kappa shape index (κ3) is 7.06. The van der Waals surface area contributed by atoms with Gasteiger partial charge in [0.1, 0.15) is 24.1 Å². The maximum absolute atomic E-state index is 12.1. The summed E-state index contributed by atoms with van der Waals surface area (Å²) in [6.45, 7) is 12.6. The quantitative estimate of drug-likeness (QED) is 0.704. The largest absolute Gasteiger partial charge is 0.490 e. The number of hydrogen-bond acceptors (Lipinski definition) is 5. The van der Waals surface area contributed by atoms with E-state index in [1.807, 2.05) is 65.8 Å². The van der Waals surface area contributed by atoms with Crippen LogP contribution in [0.15, 0.2) is 24.3 Å². The molecule has 6 nitrogen and oxygen atoms in total. The van der Waals surface area contributed by atoms with E-state index in [4.69, 9.17) is 14.2 Å². The van der Waals surface area contributed by atoms with E-state index in [9.17, 15) is 9.59 Å². The number of piperidine rings is 1. The van der Waals surface area contributed by atoms with E-state index >= 15 is 0 Å². The van der Waals surface area contributed by atoms with E-state index in [-0.39, 0.29) is 24.8 Å². The lowest BCUT2D eigenvalue weighted by Crippen LogP contribution is -2.44. The molecule has 0 N–H and O–H groups in total. The molecule has 1 aromatic carbocycles. The Kier molecular flexibility index (Phi) is 6.96. The molecule has 1 amide bonds. The van der Waals surface area contributed by atoms with Gasteiger partial charge in [-0.2, -0.15) is 0 Å². The predicted molar refractivity (Wildman–Crippen MR) is 107 cm³/mol. The zero-order valence-electron chi connectivity index (χ0n) is 17.9. The number of benzene rings is 1. The van der Waals surface area contributed by atoms with Crippen molar-refractivity contribution in [2.75, 3.05) is 13.1 Å². The van der Waals surface area contributed by atoms with Crippen LogP contribution in [-0.4, -0.2) is 41.8 Å². The Morgan fingerprint density at radius 1 is 1.07 bits per heavy atom. The molecule has 1 fully saturated rings. The van der Waals surface area contributed by atoms with Gasteiger partial charge in [-0.15, -0.1) is 0 Å². The summed E-state index contributed by atoms with van der Waals surface area (Å²) < 4.78 is 16.9. The minimum atomic E-state index is -0.518. The van der Waals surface area contributed by atoms with E-state index in [1.54, 1.807) is 4.90 Å². The second-order valence-corrected chi connectivity index (χ2v) is 9.26. The van der Waals surface area contributed by atoms with Crippen LogP contribution < -0.4 is 4.74 Å². The van der Waals surface area contributed by atoms with Crippen molar-refractivity contribution in [2.45, 2.75) is 72.7 Å². The van der Waals surface area contributed by atoms with Gasteiger partial charge in [0, 0.05) is 25.9 Å². The highest BCUT2D eigenvalue weighted by atomic mass is 16.6. The third-order valence-corrected chi connectivity index (χ3v) is 4.28. The molecule has 1 aliphatic rings. The molecule has 156 valence electrons. The van der Waals surface area contributed by atoms with Gasteiger partial charge in [-0.05, 0) is 59.2 Å². The molecule has 1 heterocycles. The molecule has 28 heavy (non-hydrogen) atoms. The van der Waals surface area contributed by atoms with Crippen LogP contribution in [0.25, 0.3) is 0 Å². The molecule has 0 saturated carbocycles. The average Bonchev–Trinajstić information content (AvgIpc) is 2.58. The minimum Gasteiger partial charge on any atom is -0.490 e. The number of rotatable bonds is 4. The summed E-state index contributed by atoms with van der Waals surface area (Å²) in [7, 11) is 0. The lowest BCUT2D eigenvalue weighted by Gasteiger charge is -2.33. The van der Waals surface area contributed by atoms with Crippen LogP contribution in [0.5, 0.6) is 5.75 Å². The monoisotopic (exact) mass is 391 g/mol. The SMILES string of the molecule is CC(C)(C)OC(=O)N1CCC(Oc2cccc(COC(=O)C(C)(C)C)c2)CC1. The molecule has 0 aliphatic carbocycles. The number of carbonyl (C=O) groups is 2. The molecule has 1 aromatic rings. The lowest BCUT2D eigenvalue weighted by atomic mass is 9.97. The molecule has 1 aliphatic heterocycles. The molecule has 0 spiro atoms. The first kappa shape index (κ1) is 22.1. The van der Waals surface area contributed by atoms with Gasteiger partial charge in [-0.3, -0.25) is 4.79 Å². The maximum atomic E-state index is 12.1. The Hall–Kier alpha value is -2.24. The molecule has 2 rings (SSSR count). The van der Waals surface area contributed by atoms with Crippen molar-refractivity contribution in [3.8, 4) is 5.75 Å². The molecule has 6 heteroatoms. The van der Waals surface area contributed by atoms with E-state index in [0.717, 1.165) is 24.2 Å². The van der Waals surface area contributed by atoms with Crippen LogP contribution in [0, 0.1) is 5.41 Å². The number of likely N-dealkylation sites (tertiary alicyclic amines) is 1. The van der Waals surface area contributed by atoms with Gasteiger partial charge in [-0.25, -0.2) is 4.79 Å². The van der Waals surface area contributed by atoms with Crippen molar-refractivity contribution in [1.82, 2.24) is 4.90 Å². The Balaban J connectivity index is 1.83. The van der Waals surface area contributed by atoms with Gasteiger partial charge in [0.05, 0.1) is 5.41 Å². The van der Waals surface area contributed by atoms with Crippen LogP contribution in [0.3, 0.4) is 0 Å². The van der Waals surface area contributed by atoms with E-state index in [0.29, 0.717) is 13.1 Å². The number of amides is 1. The van der Waals surface area contributed by atoms with Crippen molar-refractivity contribution < 1.29 is 23.8 Å². The first-order valence-electron chi connectivity index (χ1n) is 9.85. The number of ether oxygens (including phenoxy) is 3. The van der Waals surface area contributed by atoms with Crippen LogP contribution >= 0.6 is 0 Å². The minimum absolute atomic E-state index is 0.0473. The fourth-order valence-electron chi connectivity index (χ4n) is 2.75. The van der Waals surface area contributed by atoms with Crippen LogP contribution in [-0.2, 0) is 20.9 Å². The van der Waals surface area contributed by atoms with Gasteiger partial charge < -0.3 is 19.1 Å². The average molecular weight is 392 g/mol. The zero-order valence-corrected chi connectivity index (χ0v) is 17.9. The summed E-state index contributed by atoms with van der Waals surface area (Å²) >= 11 is 0. The van der Waals surface area contributed by atoms with Crippen LogP contribution in [0.2, 0.25) is 0 Å². The Morgan fingerprint density at radius 2 is 1.71 bits per heavy atom. The van der Waals surface area contributed by atoms with Crippen molar-refractivity contribution in [3.63, 3.8) is 0 Å². The fourth-order valence-corrected chi connectivity index (χ4v) is 2.75. The van der Waals surface area contributed by atoms with E-state index < -0.39 is 11.0 Å². The Morgan fingerprint density at radius 3 is 2.29 bits per heavy atom. The van der Waals surface area contributed by atoms with Crippen molar-refractivity contribution in [3.05, 3.63) is 29.8 Å². The zero-order chi connectivity index (χ0) is 20.9. The normalized spacial score (nSPS) is 15.9. The van der Waals surface area contributed by atoms with Gasteiger partial charge in [-0.1, -0.05) is 12.1 Å². The van der Waals surface area contributed by atoms with Crippen molar-refractivity contribution >= 4 is 12.1 Å². The maximum Gasteiger partial charge on any atom is 0.410 e. The topological polar surface area (TPSA) is 65.1 Å². The van der Waals surface area contributed by atoms with Crippen molar-refractivity contribution in [2.24, 2.45) is 5.41 Å². The van der Waals surface area contributed by atoms with Crippen LogP contribution in [0.4, 0.5) is 4.79 Å². The summed E-state index contributed by atoms with van der Waals surface area (Å²) in [4.78, 5) is 25.8. The molecule has 1 saturated heterocycles. The Labute approximate surface area is 168 Å². The first-order chi connectivity index (χ1) is 12.9. The number of hydrogen-bond donors (Lipinski definition) is 0. The smallest absolute Gasteiger partial charge is 0.410 e. The highest BCUT2D eigenvalue weighted by Crippen LogP contribution is 2.23. The van der Waals surface area contributed by atoms with Crippen LogP contribution in [0.1, 0.15) is 59.9 Å². The molecule has 0 unspecified atom stereocenters.